The monoisotopic (exact) mass is 311 g/mol. The van der Waals surface area contributed by atoms with Gasteiger partial charge in [0.1, 0.15) is 11.1 Å². The number of likely N-dealkylation sites (tertiary alicyclic amines) is 1. The van der Waals surface area contributed by atoms with Crippen molar-refractivity contribution < 1.29 is 19.1 Å². The van der Waals surface area contributed by atoms with Crippen LogP contribution in [0.1, 0.15) is 47.5 Å². The number of hydrogen-bond acceptors (Lipinski definition) is 4. The maximum atomic E-state index is 12.3. The molecule has 0 aromatic rings. The summed E-state index contributed by atoms with van der Waals surface area (Å²) < 4.78 is 5.37. The molecule has 22 heavy (non-hydrogen) atoms. The van der Waals surface area contributed by atoms with Crippen LogP contribution in [0, 0.1) is 0 Å². The number of nitrogens with zero attached hydrogens (tertiary/aromatic N) is 2. The molecule has 0 aromatic heterocycles. The molecule has 0 unspecified atom stereocenters. The first kappa shape index (κ1) is 16.6. The van der Waals surface area contributed by atoms with Gasteiger partial charge < -0.3 is 15.0 Å². The fraction of sp³-hybridized carbons (Fsp3) is 0.800. The Morgan fingerprint density at radius 2 is 1.95 bits per heavy atom. The number of rotatable bonds is 1. The van der Waals surface area contributed by atoms with E-state index in [9.17, 15) is 14.4 Å². The molecule has 0 aromatic carbocycles. The van der Waals surface area contributed by atoms with Crippen LogP contribution in [0.25, 0.3) is 0 Å². The Morgan fingerprint density at radius 3 is 2.45 bits per heavy atom. The summed E-state index contributed by atoms with van der Waals surface area (Å²) in [5.41, 5.74) is -1.45. The van der Waals surface area contributed by atoms with E-state index in [2.05, 4.69) is 5.32 Å². The number of carbonyl (C=O) groups is 3. The highest BCUT2D eigenvalue weighted by Crippen LogP contribution is 2.25. The van der Waals surface area contributed by atoms with Crippen LogP contribution >= 0.6 is 0 Å². The fourth-order valence-electron chi connectivity index (χ4n) is 2.76. The Bertz CT molecular complexity index is 496. The highest BCUT2D eigenvalue weighted by Gasteiger charge is 2.48. The fourth-order valence-corrected chi connectivity index (χ4v) is 2.76. The molecule has 4 amide bonds. The number of urea groups is 1. The molecular formula is C15H25N3O4. The molecule has 124 valence electrons. The van der Waals surface area contributed by atoms with E-state index in [-0.39, 0.29) is 18.0 Å². The molecule has 0 aliphatic carbocycles. The van der Waals surface area contributed by atoms with Crippen molar-refractivity contribution in [3.63, 3.8) is 0 Å². The van der Waals surface area contributed by atoms with Gasteiger partial charge in [-0.15, -0.1) is 0 Å². The third-order valence-corrected chi connectivity index (χ3v) is 3.81. The zero-order valence-corrected chi connectivity index (χ0v) is 13.9. The van der Waals surface area contributed by atoms with Crippen molar-refractivity contribution in [2.24, 2.45) is 0 Å². The first-order valence-corrected chi connectivity index (χ1v) is 7.65. The average Bonchev–Trinajstić information content (AvgIpc) is 2.56. The Labute approximate surface area is 131 Å². The molecule has 2 saturated heterocycles. The molecule has 2 fully saturated rings. The van der Waals surface area contributed by atoms with Crippen LogP contribution in [0.15, 0.2) is 0 Å². The van der Waals surface area contributed by atoms with Gasteiger partial charge in [-0.1, -0.05) is 0 Å². The number of carbonyl (C=O) groups excluding carboxylic acids is 3. The second kappa shape index (κ2) is 5.44. The Balaban J connectivity index is 2.07. The number of amides is 4. The lowest BCUT2D eigenvalue weighted by Crippen LogP contribution is -2.53. The molecule has 2 heterocycles. The van der Waals surface area contributed by atoms with Gasteiger partial charge in [-0.2, -0.15) is 0 Å². The van der Waals surface area contributed by atoms with Crippen molar-refractivity contribution >= 4 is 18.0 Å². The van der Waals surface area contributed by atoms with E-state index in [1.54, 1.807) is 18.7 Å². The first-order valence-electron chi connectivity index (χ1n) is 7.65. The molecule has 0 radical (unpaired) electrons. The number of nitrogens with one attached hydrogen (secondary N) is 1. The maximum Gasteiger partial charge on any atom is 0.410 e. The van der Waals surface area contributed by atoms with Gasteiger partial charge in [-0.25, -0.2) is 9.59 Å². The van der Waals surface area contributed by atoms with Gasteiger partial charge in [0.2, 0.25) is 0 Å². The van der Waals surface area contributed by atoms with Crippen LogP contribution in [-0.2, 0) is 9.53 Å². The van der Waals surface area contributed by atoms with Gasteiger partial charge in [0.25, 0.3) is 5.91 Å². The minimum atomic E-state index is -0.884. The normalized spacial score (nSPS) is 25.2. The summed E-state index contributed by atoms with van der Waals surface area (Å²) in [5.74, 6) is -0.242. The quantitative estimate of drug-likeness (QED) is 0.748. The average molecular weight is 311 g/mol. The molecule has 7 heteroatoms. The summed E-state index contributed by atoms with van der Waals surface area (Å²) >= 11 is 0. The molecule has 7 nitrogen and oxygen atoms in total. The third kappa shape index (κ3) is 3.34. The summed E-state index contributed by atoms with van der Waals surface area (Å²) in [6.45, 7) is 9.71. The summed E-state index contributed by atoms with van der Waals surface area (Å²) in [6.07, 6.45) is 1.04. The Kier molecular flexibility index (Phi) is 4.10. The van der Waals surface area contributed by atoms with Gasteiger partial charge in [-0.05, 0) is 47.5 Å². The molecular weight excluding hydrogens is 286 g/mol. The predicted octanol–water partition coefficient (Wildman–Crippen LogP) is 1.72. The molecule has 2 rings (SSSR count). The Morgan fingerprint density at radius 1 is 1.32 bits per heavy atom. The molecule has 2 aliphatic rings. The molecule has 0 spiro atoms. The summed E-state index contributed by atoms with van der Waals surface area (Å²) in [7, 11) is 0. The van der Waals surface area contributed by atoms with Gasteiger partial charge in [0.05, 0.1) is 6.04 Å². The van der Waals surface area contributed by atoms with Gasteiger partial charge in [-0.3, -0.25) is 9.69 Å². The standard InChI is InChI=1S/C15H25N3O4/c1-14(2,3)22-13(21)17-8-6-7-10(9-17)18-11(19)15(4,5)16-12(18)20/h10H,6-9H2,1-5H3,(H,16,20)/t10-/m0/s1. The maximum absolute atomic E-state index is 12.3. The zero-order valence-electron chi connectivity index (χ0n) is 13.9. The topological polar surface area (TPSA) is 79.0 Å². The number of ether oxygens (including phenoxy) is 1. The number of piperidine rings is 1. The first-order chi connectivity index (χ1) is 10.0. The van der Waals surface area contributed by atoms with Crippen LogP contribution in [0.5, 0.6) is 0 Å². The van der Waals surface area contributed by atoms with E-state index in [1.807, 2.05) is 20.8 Å². The molecule has 1 atom stereocenters. The van der Waals surface area contributed by atoms with E-state index in [4.69, 9.17) is 4.74 Å². The lowest BCUT2D eigenvalue weighted by atomic mass is 10.0. The van der Waals surface area contributed by atoms with Crippen LogP contribution < -0.4 is 5.32 Å². The third-order valence-electron chi connectivity index (χ3n) is 3.81. The van der Waals surface area contributed by atoms with Crippen LogP contribution in [0.3, 0.4) is 0 Å². The lowest BCUT2D eigenvalue weighted by Gasteiger charge is -2.37. The van der Waals surface area contributed by atoms with Crippen LogP contribution in [0.4, 0.5) is 9.59 Å². The highest BCUT2D eigenvalue weighted by atomic mass is 16.6. The van der Waals surface area contributed by atoms with E-state index in [0.29, 0.717) is 19.5 Å². The number of hydrogen-bond donors (Lipinski definition) is 1. The van der Waals surface area contributed by atoms with Crippen molar-refractivity contribution in [1.82, 2.24) is 15.1 Å². The van der Waals surface area contributed by atoms with Crippen molar-refractivity contribution in [3.05, 3.63) is 0 Å². The lowest BCUT2D eigenvalue weighted by molar-refractivity contribution is -0.132. The molecule has 1 N–H and O–H groups in total. The summed E-state index contributed by atoms with van der Waals surface area (Å²) in [6, 6.07) is -0.679. The molecule has 0 saturated carbocycles. The van der Waals surface area contributed by atoms with Crippen LogP contribution in [0.2, 0.25) is 0 Å². The second-order valence-electron chi connectivity index (χ2n) is 7.45. The van der Waals surface area contributed by atoms with Gasteiger partial charge in [0.15, 0.2) is 0 Å². The van der Waals surface area contributed by atoms with E-state index in [1.165, 1.54) is 4.90 Å². The minimum absolute atomic E-state index is 0.242. The van der Waals surface area contributed by atoms with Crippen molar-refractivity contribution in [1.29, 1.82) is 0 Å². The van der Waals surface area contributed by atoms with Gasteiger partial charge in [0, 0.05) is 13.1 Å². The van der Waals surface area contributed by atoms with Crippen molar-refractivity contribution in [2.75, 3.05) is 13.1 Å². The van der Waals surface area contributed by atoms with Crippen LogP contribution in [-0.4, -0.2) is 58.1 Å². The second-order valence-corrected chi connectivity index (χ2v) is 7.45. The molecule has 2 aliphatic heterocycles. The smallest absolute Gasteiger partial charge is 0.410 e. The SMILES string of the molecule is CC(C)(C)OC(=O)N1CCC[C@H](N2C(=O)NC(C)(C)C2=O)C1. The predicted molar refractivity (Wildman–Crippen MR) is 80.3 cm³/mol. The number of imide groups is 1. The van der Waals surface area contributed by atoms with E-state index in [0.717, 1.165) is 6.42 Å². The van der Waals surface area contributed by atoms with Crippen molar-refractivity contribution in [3.8, 4) is 0 Å². The minimum Gasteiger partial charge on any atom is -0.444 e. The van der Waals surface area contributed by atoms with Gasteiger partial charge >= 0.3 is 12.1 Å². The molecule has 0 bridgehead atoms. The van der Waals surface area contributed by atoms with Crippen molar-refractivity contribution in [2.45, 2.75) is 64.6 Å². The Hall–Kier alpha value is -1.79. The highest BCUT2D eigenvalue weighted by molar-refractivity contribution is 6.06. The summed E-state index contributed by atoms with van der Waals surface area (Å²) in [4.78, 5) is 39.4. The largest absolute Gasteiger partial charge is 0.444 e. The van der Waals surface area contributed by atoms with E-state index >= 15 is 0 Å². The zero-order chi connectivity index (χ0) is 16.7. The van der Waals surface area contributed by atoms with E-state index < -0.39 is 17.2 Å². The summed E-state index contributed by atoms with van der Waals surface area (Å²) in [5, 5.41) is 2.68.